The molecule has 2 rings (SSSR count). The van der Waals surface area contributed by atoms with Gasteiger partial charge in [0, 0.05) is 30.6 Å². The third-order valence-electron chi connectivity index (χ3n) is 3.57. The van der Waals surface area contributed by atoms with Crippen LogP contribution in [0.1, 0.15) is 42.3 Å². The maximum atomic E-state index is 13.5. The second-order valence-corrected chi connectivity index (χ2v) is 5.31. The number of alkyl halides is 8. The van der Waals surface area contributed by atoms with Gasteiger partial charge in [0.2, 0.25) is 0 Å². The van der Waals surface area contributed by atoms with Gasteiger partial charge in [0.05, 0.1) is 0 Å². The summed E-state index contributed by atoms with van der Waals surface area (Å²) in [5.74, 6) is -3.74. The van der Waals surface area contributed by atoms with E-state index in [2.05, 4.69) is 5.10 Å². The first-order valence-electron chi connectivity index (χ1n) is 6.62. The molecule has 1 N–H and O–H groups in total. The molecule has 1 aliphatic rings. The van der Waals surface area contributed by atoms with Crippen LogP contribution in [0.4, 0.5) is 35.1 Å². The predicted octanol–water partition coefficient (Wildman–Crippen LogP) is 3.86. The fourth-order valence-corrected chi connectivity index (χ4v) is 2.52. The van der Waals surface area contributed by atoms with Crippen molar-refractivity contribution in [2.75, 3.05) is 0 Å². The minimum absolute atomic E-state index is 0.294. The fraction of sp³-hybridized carbons (Fsp3) is 0.750. The van der Waals surface area contributed by atoms with Gasteiger partial charge in [0.1, 0.15) is 6.10 Å². The standard InChI is InChI=1S/C12H12F8N2O/c13-10(14)4-2-6-7(9(10)23)8(12(18,19)20)21-22(6)5-1-3-11(15,16)17/h9,23H,1-5H2. The van der Waals surface area contributed by atoms with Gasteiger partial charge in [-0.3, -0.25) is 4.68 Å². The highest BCUT2D eigenvalue weighted by molar-refractivity contribution is 5.35. The number of hydrogen-bond acceptors (Lipinski definition) is 2. The highest BCUT2D eigenvalue weighted by atomic mass is 19.4. The van der Waals surface area contributed by atoms with Crippen molar-refractivity contribution in [1.82, 2.24) is 9.78 Å². The van der Waals surface area contributed by atoms with E-state index in [-0.39, 0.29) is 5.69 Å². The van der Waals surface area contributed by atoms with Gasteiger partial charge < -0.3 is 5.11 Å². The smallest absolute Gasteiger partial charge is 0.382 e. The Balaban J connectivity index is 2.36. The van der Waals surface area contributed by atoms with Gasteiger partial charge in [0.25, 0.3) is 5.92 Å². The Morgan fingerprint density at radius 1 is 1.17 bits per heavy atom. The van der Waals surface area contributed by atoms with Crippen LogP contribution in [0.25, 0.3) is 0 Å². The highest BCUT2D eigenvalue weighted by Crippen LogP contribution is 2.46. The highest BCUT2D eigenvalue weighted by Gasteiger charge is 2.51. The molecule has 0 amide bonds. The van der Waals surface area contributed by atoms with E-state index < -0.39 is 67.9 Å². The molecular weight excluding hydrogens is 340 g/mol. The molecule has 1 atom stereocenters. The molecule has 0 bridgehead atoms. The molecule has 1 aromatic heterocycles. The summed E-state index contributed by atoms with van der Waals surface area (Å²) >= 11 is 0. The molecule has 1 aliphatic carbocycles. The van der Waals surface area contributed by atoms with Crippen molar-refractivity contribution in [2.45, 2.75) is 56.6 Å². The summed E-state index contributed by atoms with van der Waals surface area (Å²) in [6.45, 7) is -0.504. The minimum atomic E-state index is -5.09. The number of fused-ring (bicyclic) bond motifs is 1. The van der Waals surface area contributed by atoms with Crippen molar-refractivity contribution in [3.05, 3.63) is 17.0 Å². The van der Waals surface area contributed by atoms with Gasteiger partial charge in [-0.1, -0.05) is 0 Å². The molecule has 1 heterocycles. The van der Waals surface area contributed by atoms with Crippen molar-refractivity contribution < 1.29 is 40.2 Å². The quantitative estimate of drug-likeness (QED) is 0.839. The molecule has 1 unspecified atom stereocenters. The van der Waals surface area contributed by atoms with Crippen LogP contribution in [0.5, 0.6) is 0 Å². The van der Waals surface area contributed by atoms with Gasteiger partial charge in [-0.2, -0.15) is 31.4 Å². The number of aliphatic hydroxyl groups is 1. The summed E-state index contributed by atoms with van der Waals surface area (Å²) in [6, 6.07) is 0. The lowest BCUT2D eigenvalue weighted by Crippen LogP contribution is -2.33. The van der Waals surface area contributed by atoms with Crippen molar-refractivity contribution >= 4 is 0 Å². The van der Waals surface area contributed by atoms with Crippen LogP contribution in [-0.2, 0) is 19.1 Å². The number of aryl methyl sites for hydroxylation is 1. The minimum Gasteiger partial charge on any atom is -0.382 e. The number of nitrogens with zero attached hydrogens (tertiary/aromatic N) is 2. The summed E-state index contributed by atoms with van der Waals surface area (Å²) in [5.41, 5.74) is -3.01. The summed E-state index contributed by atoms with van der Waals surface area (Å²) in [7, 11) is 0. The van der Waals surface area contributed by atoms with Crippen LogP contribution < -0.4 is 0 Å². The second-order valence-electron chi connectivity index (χ2n) is 5.31. The Morgan fingerprint density at radius 2 is 1.78 bits per heavy atom. The Labute approximate surface area is 124 Å². The molecule has 0 aliphatic heterocycles. The lowest BCUT2D eigenvalue weighted by Gasteiger charge is -2.28. The SMILES string of the molecule is OC1c2c(C(F)(F)F)nn(CCCC(F)(F)F)c2CCC1(F)F. The molecule has 3 nitrogen and oxygen atoms in total. The Hall–Kier alpha value is -1.39. The summed E-state index contributed by atoms with van der Waals surface area (Å²) < 4.78 is 103. The van der Waals surface area contributed by atoms with Gasteiger partial charge >= 0.3 is 12.4 Å². The van der Waals surface area contributed by atoms with E-state index in [0.717, 1.165) is 0 Å². The van der Waals surface area contributed by atoms with Crippen molar-refractivity contribution in [3.8, 4) is 0 Å². The molecular formula is C12H12F8N2O. The average Bonchev–Trinajstić information content (AvgIpc) is 2.72. The van der Waals surface area contributed by atoms with Crippen molar-refractivity contribution in [2.24, 2.45) is 0 Å². The van der Waals surface area contributed by atoms with E-state index >= 15 is 0 Å². The fourth-order valence-electron chi connectivity index (χ4n) is 2.52. The molecule has 0 spiro atoms. The number of aromatic nitrogens is 2. The third-order valence-corrected chi connectivity index (χ3v) is 3.57. The van der Waals surface area contributed by atoms with Crippen molar-refractivity contribution in [1.29, 1.82) is 0 Å². The number of halogens is 8. The molecule has 0 fully saturated rings. The first-order valence-corrected chi connectivity index (χ1v) is 6.62. The predicted molar refractivity (Wildman–Crippen MR) is 60.7 cm³/mol. The maximum Gasteiger partial charge on any atom is 0.435 e. The summed E-state index contributed by atoms with van der Waals surface area (Å²) in [6.07, 6.45) is -15.4. The van der Waals surface area contributed by atoms with Gasteiger partial charge in [0.15, 0.2) is 5.69 Å². The number of hydrogen-bond donors (Lipinski definition) is 1. The lowest BCUT2D eigenvalue weighted by molar-refractivity contribution is -0.150. The monoisotopic (exact) mass is 352 g/mol. The zero-order chi connectivity index (χ0) is 17.6. The van der Waals surface area contributed by atoms with Crippen LogP contribution in [0.15, 0.2) is 0 Å². The lowest BCUT2D eigenvalue weighted by atomic mass is 9.89. The van der Waals surface area contributed by atoms with Crippen molar-refractivity contribution in [3.63, 3.8) is 0 Å². The molecule has 0 aromatic carbocycles. The largest absolute Gasteiger partial charge is 0.435 e. The first-order chi connectivity index (χ1) is 10.3. The van der Waals surface area contributed by atoms with E-state index in [4.69, 9.17) is 0 Å². The molecule has 132 valence electrons. The molecule has 1 aromatic rings. The third kappa shape index (κ3) is 3.75. The zero-order valence-electron chi connectivity index (χ0n) is 11.5. The Morgan fingerprint density at radius 3 is 2.30 bits per heavy atom. The van der Waals surface area contributed by atoms with Gasteiger partial charge in [-0.05, 0) is 12.8 Å². The van der Waals surface area contributed by atoms with E-state index in [0.29, 0.717) is 4.68 Å². The Bertz CT molecular complexity index is 575. The summed E-state index contributed by atoms with van der Waals surface area (Å²) in [5, 5.41) is 12.6. The van der Waals surface area contributed by atoms with E-state index in [1.165, 1.54) is 0 Å². The number of aliphatic hydroxyl groups excluding tert-OH is 1. The average molecular weight is 352 g/mol. The van der Waals surface area contributed by atoms with Crippen LogP contribution in [0.2, 0.25) is 0 Å². The Kier molecular flexibility index (Phi) is 4.37. The van der Waals surface area contributed by atoms with Crippen LogP contribution in [0.3, 0.4) is 0 Å². The van der Waals surface area contributed by atoms with Gasteiger partial charge in [-0.15, -0.1) is 0 Å². The van der Waals surface area contributed by atoms with Gasteiger partial charge in [-0.25, -0.2) is 8.78 Å². The maximum absolute atomic E-state index is 13.5. The first kappa shape index (κ1) is 18.0. The summed E-state index contributed by atoms with van der Waals surface area (Å²) in [4.78, 5) is 0. The van der Waals surface area contributed by atoms with E-state index in [9.17, 15) is 40.2 Å². The van der Waals surface area contributed by atoms with Crippen LogP contribution >= 0.6 is 0 Å². The topological polar surface area (TPSA) is 38.1 Å². The van der Waals surface area contributed by atoms with Crippen LogP contribution in [-0.4, -0.2) is 27.0 Å². The molecule has 11 heteroatoms. The number of rotatable bonds is 3. The molecule has 0 radical (unpaired) electrons. The molecule has 0 saturated carbocycles. The molecule has 23 heavy (non-hydrogen) atoms. The van der Waals surface area contributed by atoms with E-state index in [1.54, 1.807) is 0 Å². The molecule has 0 saturated heterocycles. The van der Waals surface area contributed by atoms with E-state index in [1.807, 2.05) is 0 Å². The second kappa shape index (κ2) is 5.60. The van der Waals surface area contributed by atoms with Crippen LogP contribution in [0, 0.1) is 0 Å². The zero-order valence-corrected chi connectivity index (χ0v) is 11.5. The normalized spacial score (nSPS) is 21.3.